The summed E-state index contributed by atoms with van der Waals surface area (Å²) in [6, 6.07) is 0. The van der Waals surface area contributed by atoms with E-state index in [1.54, 1.807) is 0 Å². The Morgan fingerprint density at radius 3 is 2.42 bits per heavy atom. The molecule has 0 rings (SSSR count). The van der Waals surface area contributed by atoms with Crippen LogP contribution >= 0.6 is 0 Å². The second-order valence-electron chi connectivity index (χ2n) is 2.41. The van der Waals surface area contributed by atoms with Gasteiger partial charge in [0.05, 0.1) is 13.5 Å². The van der Waals surface area contributed by atoms with Crippen LogP contribution in [0.15, 0.2) is 0 Å². The first-order valence-electron chi connectivity index (χ1n) is 4.29. The maximum absolute atomic E-state index is 10.7. The maximum Gasteiger partial charge on any atom is 0.306 e. The predicted molar refractivity (Wildman–Crippen MR) is 47.6 cm³/mol. The molecule has 4 heteroatoms. The molecule has 0 aliphatic rings. The molecule has 0 bridgehead atoms. The zero-order chi connectivity index (χ0) is 9.40. The van der Waals surface area contributed by atoms with Crippen LogP contribution in [-0.4, -0.2) is 37.7 Å². The molecule has 0 radical (unpaired) electrons. The average molecular weight is 174 g/mol. The fourth-order valence-corrected chi connectivity index (χ4v) is 0.865. The van der Waals surface area contributed by atoms with Crippen LogP contribution in [0.1, 0.15) is 20.3 Å². The van der Waals surface area contributed by atoms with Gasteiger partial charge in [0.15, 0.2) is 0 Å². The number of methoxy groups -OCH3 is 1. The predicted octanol–water partition coefficient (Wildman–Crippen LogP) is 0.396. The summed E-state index contributed by atoms with van der Waals surface area (Å²) in [5.74, 6) is -0.172. The topological polar surface area (TPSA) is 41.6 Å². The van der Waals surface area contributed by atoms with Crippen LogP contribution in [0.3, 0.4) is 0 Å². The lowest BCUT2D eigenvalue weighted by atomic mass is 10.4. The van der Waals surface area contributed by atoms with Gasteiger partial charge in [0.1, 0.15) is 0 Å². The molecule has 0 aliphatic heterocycles. The Bertz CT molecular complexity index is 124. The Balaban J connectivity index is 3.34. The number of hydrogen-bond acceptors (Lipinski definition) is 4. The monoisotopic (exact) mass is 174 g/mol. The van der Waals surface area contributed by atoms with Crippen molar-refractivity contribution in [2.45, 2.75) is 20.3 Å². The van der Waals surface area contributed by atoms with Gasteiger partial charge in [0.2, 0.25) is 0 Å². The summed E-state index contributed by atoms with van der Waals surface area (Å²) in [6.45, 7) is 6.66. The zero-order valence-electron chi connectivity index (χ0n) is 8.09. The maximum atomic E-state index is 10.7. The average Bonchev–Trinajstić information content (AvgIpc) is 2.12. The summed E-state index contributed by atoms with van der Waals surface area (Å²) < 4.78 is 4.50. The molecule has 1 N–H and O–H groups in total. The van der Waals surface area contributed by atoms with Crippen molar-refractivity contribution in [2.24, 2.45) is 0 Å². The lowest BCUT2D eigenvalue weighted by molar-refractivity contribution is -0.140. The van der Waals surface area contributed by atoms with Gasteiger partial charge in [-0.15, -0.1) is 0 Å². The fourth-order valence-electron chi connectivity index (χ4n) is 0.865. The van der Waals surface area contributed by atoms with E-state index in [9.17, 15) is 4.79 Å². The lowest BCUT2D eigenvalue weighted by Crippen LogP contribution is -2.38. The van der Waals surface area contributed by atoms with E-state index in [0.29, 0.717) is 13.0 Å². The molecule has 0 aromatic carbocycles. The summed E-state index contributed by atoms with van der Waals surface area (Å²) in [7, 11) is 1.40. The first kappa shape index (κ1) is 11.4. The summed E-state index contributed by atoms with van der Waals surface area (Å²) in [5, 5.41) is 2.04. The van der Waals surface area contributed by atoms with Gasteiger partial charge in [0, 0.05) is 19.6 Å². The number of carbonyl (C=O) groups is 1. The molecule has 0 saturated heterocycles. The van der Waals surface area contributed by atoms with Gasteiger partial charge in [-0.05, 0) is 0 Å². The fraction of sp³-hybridized carbons (Fsp3) is 0.875. The molecular weight excluding hydrogens is 156 g/mol. The van der Waals surface area contributed by atoms with Crippen molar-refractivity contribution in [1.82, 2.24) is 10.4 Å². The highest BCUT2D eigenvalue weighted by molar-refractivity contribution is 5.69. The summed E-state index contributed by atoms with van der Waals surface area (Å²) in [4.78, 5) is 10.7. The minimum atomic E-state index is -0.172. The second kappa shape index (κ2) is 7.06. The summed E-state index contributed by atoms with van der Waals surface area (Å²) >= 11 is 0. The highest BCUT2D eigenvalue weighted by Crippen LogP contribution is 1.84. The second-order valence-corrected chi connectivity index (χ2v) is 2.41. The summed E-state index contributed by atoms with van der Waals surface area (Å²) in [6.07, 6.45) is 0.424. The number of hydrogen-bond donors (Lipinski definition) is 1. The number of rotatable bonds is 6. The molecule has 0 aromatic rings. The van der Waals surface area contributed by atoms with Crippen molar-refractivity contribution >= 4 is 5.97 Å². The molecule has 4 nitrogen and oxygen atoms in total. The van der Waals surface area contributed by atoms with Crippen molar-refractivity contribution in [3.8, 4) is 0 Å². The van der Waals surface area contributed by atoms with Crippen LogP contribution in [0.2, 0.25) is 0 Å². The minimum Gasteiger partial charge on any atom is -0.469 e. The molecule has 0 aromatic heterocycles. The van der Waals surface area contributed by atoms with Crippen LogP contribution < -0.4 is 5.43 Å². The Morgan fingerprint density at radius 2 is 2.00 bits per heavy atom. The number of carbonyl (C=O) groups excluding carboxylic acids is 1. The molecule has 0 heterocycles. The van der Waals surface area contributed by atoms with Gasteiger partial charge in [0.25, 0.3) is 0 Å². The molecule has 0 atom stereocenters. The Morgan fingerprint density at radius 1 is 1.42 bits per heavy atom. The SMILES string of the molecule is CCN(CC)NCCC(=O)OC. The molecule has 0 amide bonds. The van der Waals surface area contributed by atoms with E-state index in [0.717, 1.165) is 13.1 Å². The molecule has 72 valence electrons. The molecule has 0 saturated carbocycles. The van der Waals surface area contributed by atoms with Gasteiger partial charge >= 0.3 is 5.97 Å². The molecular formula is C8H18N2O2. The third kappa shape index (κ3) is 5.09. The van der Waals surface area contributed by atoms with E-state index in [2.05, 4.69) is 24.0 Å². The number of nitrogens with one attached hydrogen (secondary N) is 1. The molecule has 0 fully saturated rings. The van der Waals surface area contributed by atoms with E-state index in [4.69, 9.17) is 0 Å². The highest BCUT2D eigenvalue weighted by atomic mass is 16.5. The van der Waals surface area contributed by atoms with Crippen LogP contribution in [-0.2, 0) is 9.53 Å². The van der Waals surface area contributed by atoms with E-state index in [1.165, 1.54) is 7.11 Å². The van der Waals surface area contributed by atoms with Gasteiger partial charge < -0.3 is 4.74 Å². The number of nitrogens with zero attached hydrogens (tertiary/aromatic N) is 1. The summed E-state index contributed by atoms with van der Waals surface area (Å²) in [5.41, 5.74) is 3.12. The van der Waals surface area contributed by atoms with Crippen molar-refractivity contribution in [1.29, 1.82) is 0 Å². The normalized spacial score (nSPS) is 10.3. The standard InChI is InChI=1S/C8H18N2O2/c1-4-10(5-2)9-7-6-8(11)12-3/h9H,4-7H2,1-3H3. The third-order valence-electron chi connectivity index (χ3n) is 1.66. The van der Waals surface area contributed by atoms with Crippen molar-refractivity contribution in [2.75, 3.05) is 26.7 Å². The third-order valence-corrected chi connectivity index (χ3v) is 1.66. The zero-order valence-corrected chi connectivity index (χ0v) is 8.09. The van der Waals surface area contributed by atoms with Crippen molar-refractivity contribution in [3.63, 3.8) is 0 Å². The van der Waals surface area contributed by atoms with Crippen molar-refractivity contribution < 1.29 is 9.53 Å². The van der Waals surface area contributed by atoms with Gasteiger partial charge in [-0.25, -0.2) is 5.01 Å². The molecule has 0 aliphatic carbocycles. The number of esters is 1. The largest absolute Gasteiger partial charge is 0.469 e. The molecule has 0 spiro atoms. The number of ether oxygens (including phenoxy) is 1. The quantitative estimate of drug-likeness (QED) is 0.467. The first-order valence-corrected chi connectivity index (χ1v) is 4.29. The van der Waals surface area contributed by atoms with E-state index < -0.39 is 0 Å². The number of hydrazine groups is 1. The van der Waals surface area contributed by atoms with Crippen LogP contribution in [0.4, 0.5) is 0 Å². The molecule has 12 heavy (non-hydrogen) atoms. The van der Waals surface area contributed by atoms with Gasteiger partial charge in [-0.1, -0.05) is 13.8 Å². The van der Waals surface area contributed by atoms with Gasteiger partial charge in [-0.3, -0.25) is 10.2 Å². The van der Waals surface area contributed by atoms with Crippen LogP contribution in [0, 0.1) is 0 Å². The Kier molecular flexibility index (Phi) is 6.70. The molecule has 0 unspecified atom stereocenters. The Labute approximate surface area is 73.8 Å². The van der Waals surface area contributed by atoms with E-state index >= 15 is 0 Å². The Hall–Kier alpha value is -0.610. The minimum absolute atomic E-state index is 0.172. The van der Waals surface area contributed by atoms with Crippen LogP contribution in [0.25, 0.3) is 0 Å². The first-order chi connectivity index (χ1) is 5.74. The van der Waals surface area contributed by atoms with Gasteiger partial charge in [-0.2, -0.15) is 0 Å². The highest BCUT2D eigenvalue weighted by Gasteiger charge is 2.01. The van der Waals surface area contributed by atoms with E-state index in [-0.39, 0.29) is 5.97 Å². The van der Waals surface area contributed by atoms with Crippen molar-refractivity contribution in [3.05, 3.63) is 0 Å². The smallest absolute Gasteiger partial charge is 0.306 e. The van der Waals surface area contributed by atoms with E-state index in [1.807, 2.05) is 5.01 Å². The van der Waals surface area contributed by atoms with Crippen LogP contribution in [0.5, 0.6) is 0 Å². The lowest BCUT2D eigenvalue weighted by Gasteiger charge is -2.18.